The van der Waals surface area contributed by atoms with Crippen LogP contribution in [0, 0.1) is 0 Å². The van der Waals surface area contributed by atoms with Gasteiger partial charge in [-0.25, -0.2) is 0 Å². The molecule has 0 fully saturated rings. The number of rotatable bonds is 9. The molecule has 5 heteroatoms. The van der Waals surface area contributed by atoms with Crippen molar-refractivity contribution in [1.29, 1.82) is 0 Å². The number of benzene rings is 1. The molecule has 0 N–H and O–H groups in total. The maximum atomic E-state index is 5.86. The Hall–Kier alpha value is -0.466. The molecule has 0 saturated heterocycles. The first kappa shape index (κ1) is 16.6. The zero-order valence-electron chi connectivity index (χ0n) is 12.6. The van der Waals surface area contributed by atoms with Gasteiger partial charge in [0.25, 0.3) is 0 Å². The van der Waals surface area contributed by atoms with E-state index in [0.717, 1.165) is 22.7 Å². The van der Waals surface area contributed by atoms with E-state index in [9.17, 15) is 0 Å². The van der Waals surface area contributed by atoms with E-state index in [4.69, 9.17) is 13.3 Å². The molecular formula is C14H26O3Si2. The maximum Gasteiger partial charge on any atom is 0.501 e. The van der Waals surface area contributed by atoms with Gasteiger partial charge in [0.2, 0.25) is 0 Å². The van der Waals surface area contributed by atoms with Crippen LogP contribution in [0.1, 0.15) is 26.3 Å². The monoisotopic (exact) mass is 298 g/mol. The van der Waals surface area contributed by atoms with E-state index in [1.165, 1.54) is 10.8 Å². The molecule has 1 aromatic carbocycles. The van der Waals surface area contributed by atoms with Crippen LogP contribution < -0.4 is 5.19 Å². The lowest BCUT2D eigenvalue weighted by Gasteiger charge is -2.28. The number of aryl methyl sites for hydroxylation is 1. The van der Waals surface area contributed by atoms with E-state index in [0.29, 0.717) is 19.8 Å². The summed E-state index contributed by atoms with van der Waals surface area (Å²) < 4.78 is 17.6. The van der Waals surface area contributed by atoms with Gasteiger partial charge in [0, 0.05) is 36.1 Å². The van der Waals surface area contributed by atoms with Crippen LogP contribution in [0.25, 0.3) is 0 Å². The molecule has 3 nitrogen and oxygen atoms in total. The molecular weight excluding hydrogens is 272 g/mol. The lowest BCUT2D eigenvalue weighted by atomic mass is 10.2. The number of hydrogen-bond acceptors (Lipinski definition) is 3. The summed E-state index contributed by atoms with van der Waals surface area (Å²) in [5, 5.41) is 1.42. The van der Waals surface area contributed by atoms with Gasteiger partial charge in [-0.1, -0.05) is 29.5 Å². The highest BCUT2D eigenvalue weighted by Gasteiger charge is 2.39. The molecule has 0 aromatic heterocycles. The zero-order valence-corrected chi connectivity index (χ0v) is 15.6. The Morgan fingerprint density at radius 2 is 1.37 bits per heavy atom. The predicted octanol–water partition coefficient (Wildman–Crippen LogP) is 1.27. The second-order valence-electron chi connectivity index (χ2n) is 4.47. The second kappa shape index (κ2) is 8.65. The minimum atomic E-state index is -2.48. The molecule has 0 aliphatic heterocycles. The first-order chi connectivity index (χ1) is 9.15. The van der Waals surface area contributed by atoms with E-state index < -0.39 is 8.80 Å². The standard InChI is InChI=1S/C14H26O3Si2/c1-4-15-19(16-5-2,17-6-3)12-11-13-7-9-14(18)10-8-13/h7-10H,4-6,11-12H2,1-3,18H3. The first-order valence-corrected chi connectivity index (χ1v) is 10.1. The predicted molar refractivity (Wildman–Crippen MR) is 85.2 cm³/mol. The summed E-state index contributed by atoms with van der Waals surface area (Å²) in [6.45, 7) is 7.92. The van der Waals surface area contributed by atoms with E-state index >= 15 is 0 Å². The minimum absolute atomic E-state index is 0.645. The van der Waals surface area contributed by atoms with E-state index in [1.807, 2.05) is 20.8 Å². The molecule has 0 aliphatic carbocycles. The molecule has 0 amide bonds. The molecule has 1 rings (SSSR count). The van der Waals surface area contributed by atoms with Crippen molar-refractivity contribution in [3.63, 3.8) is 0 Å². The fourth-order valence-corrected chi connectivity index (χ4v) is 4.98. The van der Waals surface area contributed by atoms with Crippen LogP contribution in [-0.4, -0.2) is 38.9 Å². The highest BCUT2D eigenvalue weighted by atomic mass is 28.4. The van der Waals surface area contributed by atoms with Crippen molar-refractivity contribution in [2.24, 2.45) is 0 Å². The third-order valence-corrected chi connectivity index (χ3v) is 6.65. The van der Waals surface area contributed by atoms with Crippen LogP contribution in [0.4, 0.5) is 0 Å². The molecule has 1 aromatic rings. The summed E-state index contributed by atoms with van der Waals surface area (Å²) in [5.41, 5.74) is 1.33. The zero-order chi connectivity index (χ0) is 14.1. The third kappa shape index (κ3) is 5.58. The molecule has 0 unspecified atom stereocenters. The van der Waals surface area contributed by atoms with Crippen molar-refractivity contribution in [3.8, 4) is 0 Å². The Kier molecular flexibility index (Phi) is 7.56. The summed E-state index contributed by atoms with van der Waals surface area (Å²) >= 11 is 0. The summed E-state index contributed by atoms with van der Waals surface area (Å²) in [7, 11) is -1.38. The summed E-state index contributed by atoms with van der Waals surface area (Å²) in [5.74, 6) is 0. The lowest BCUT2D eigenvalue weighted by molar-refractivity contribution is 0.0714. The maximum absolute atomic E-state index is 5.86. The highest BCUT2D eigenvalue weighted by Crippen LogP contribution is 2.19. The van der Waals surface area contributed by atoms with Gasteiger partial charge in [-0.3, -0.25) is 0 Å². The van der Waals surface area contributed by atoms with Crippen molar-refractivity contribution in [1.82, 2.24) is 0 Å². The topological polar surface area (TPSA) is 27.7 Å². The van der Waals surface area contributed by atoms with Crippen LogP contribution >= 0.6 is 0 Å². The Bertz CT molecular complexity index is 337. The van der Waals surface area contributed by atoms with Gasteiger partial charge in [-0.2, -0.15) is 0 Å². The Morgan fingerprint density at radius 3 is 1.79 bits per heavy atom. The van der Waals surface area contributed by atoms with Gasteiger partial charge >= 0.3 is 8.80 Å². The smallest absolute Gasteiger partial charge is 0.374 e. The molecule has 0 heterocycles. The molecule has 19 heavy (non-hydrogen) atoms. The van der Waals surface area contributed by atoms with Crippen molar-refractivity contribution in [2.45, 2.75) is 33.2 Å². The van der Waals surface area contributed by atoms with Crippen LogP contribution in [0.5, 0.6) is 0 Å². The van der Waals surface area contributed by atoms with Crippen LogP contribution in [0.3, 0.4) is 0 Å². The Balaban J connectivity index is 2.67. The van der Waals surface area contributed by atoms with Crippen molar-refractivity contribution >= 4 is 24.2 Å². The van der Waals surface area contributed by atoms with E-state index in [2.05, 4.69) is 24.3 Å². The highest BCUT2D eigenvalue weighted by molar-refractivity contribution is 6.60. The largest absolute Gasteiger partial charge is 0.501 e. The van der Waals surface area contributed by atoms with Crippen LogP contribution in [0.2, 0.25) is 6.04 Å². The van der Waals surface area contributed by atoms with Gasteiger partial charge in [-0.05, 0) is 32.8 Å². The molecule has 108 valence electrons. The van der Waals surface area contributed by atoms with Gasteiger partial charge in [-0.15, -0.1) is 0 Å². The molecule has 0 aliphatic rings. The summed E-state index contributed by atoms with van der Waals surface area (Å²) in [4.78, 5) is 0. The molecule has 0 radical (unpaired) electrons. The van der Waals surface area contributed by atoms with E-state index in [-0.39, 0.29) is 0 Å². The molecule has 0 bridgehead atoms. The van der Waals surface area contributed by atoms with Gasteiger partial charge in [0.15, 0.2) is 0 Å². The summed E-state index contributed by atoms with van der Waals surface area (Å²) in [6.07, 6.45) is 0.952. The third-order valence-electron chi connectivity index (χ3n) is 2.93. The molecule has 0 spiro atoms. The Morgan fingerprint density at radius 1 is 0.895 bits per heavy atom. The number of hydrogen-bond donors (Lipinski definition) is 0. The minimum Gasteiger partial charge on any atom is -0.374 e. The fraction of sp³-hybridized carbons (Fsp3) is 0.571. The average molecular weight is 299 g/mol. The quantitative estimate of drug-likeness (QED) is 0.643. The van der Waals surface area contributed by atoms with Gasteiger partial charge < -0.3 is 13.3 Å². The van der Waals surface area contributed by atoms with Crippen molar-refractivity contribution < 1.29 is 13.3 Å². The normalized spacial score (nSPS) is 11.9. The molecule has 0 saturated carbocycles. The van der Waals surface area contributed by atoms with Gasteiger partial charge in [0.1, 0.15) is 0 Å². The van der Waals surface area contributed by atoms with Crippen molar-refractivity contribution in [2.75, 3.05) is 19.8 Å². The van der Waals surface area contributed by atoms with Gasteiger partial charge in [0.05, 0.1) is 0 Å². The second-order valence-corrected chi connectivity index (χ2v) is 8.35. The van der Waals surface area contributed by atoms with Crippen LogP contribution in [0.15, 0.2) is 24.3 Å². The fourth-order valence-electron chi connectivity index (χ4n) is 2.05. The van der Waals surface area contributed by atoms with Crippen molar-refractivity contribution in [3.05, 3.63) is 29.8 Å². The Labute approximate surface area is 121 Å². The lowest BCUT2D eigenvalue weighted by Crippen LogP contribution is -2.46. The first-order valence-electron chi connectivity index (χ1n) is 7.13. The SMILES string of the molecule is CCO[Si](CCc1ccc([SiH3])cc1)(OCC)OCC. The van der Waals surface area contributed by atoms with Crippen LogP contribution in [-0.2, 0) is 19.7 Å². The average Bonchev–Trinajstić information content (AvgIpc) is 2.39. The molecule has 0 atom stereocenters. The van der Waals surface area contributed by atoms with E-state index in [1.54, 1.807) is 0 Å². The summed E-state index contributed by atoms with van der Waals surface area (Å²) in [6, 6.07) is 9.65.